The van der Waals surface area contributed by atoms with Crippen molar-refractivity contribution >= 4 is 27.0 Å². The Kier molecular flexibility index (Phi) is 6.43. The molecular weight excluding hydrogens is 472 g/mol. The standard InChI is InChI=1S/C24H27BrN4O3/c25-18-2-3-20-21(14-18)29(24(30)16-27-20)10-9-28-7-5-19(6-8-28)26-15-17-1-4-22-23(13-17)32-12-11-31-22/h1-4,13-14,16,19,26H,5-12,15H2. The Labute approximate surface area is 195 Å². The van der Waals surface area contributed by atoms with Gasteiger partial charge in [0.2, 0.25) is 0 Å². The maximum absolute atomic E-state index is 12.4. The number of aromatic nitrogens is 2. The number of ether oxygens (including phenoxy) is 2. The van der Waals surface area contributed by atoms with Crippen LogP contribution in [-0.2, 0) is 13.1 Å². The highest BCUT2D eigenvalue weighted by atomic mass is 79.9. The third-order valence-corrected chi connectivity index (χ3v) is 6.73. The highest BCUT2D eigenvalue weighted by Gasteiger charge is 2.19. The maximum atomic E-state index is 12.4. The van der Waals surface area contributed by atoms with E-state index < -0.39 is 0 Å². The summed E-state index contributed by atoms with van der Waals surface area (Å²) in [6, 6.07) is 12.5. The monoisotopic (exact) mass is 498 g/mol. The first-order valence-corrected chi connectivity index (χ1v) is 11.9. The number of nitrogens with zero attached hydrogens (tertiary/aromatic N) is 3. The van der Waals surface area contributed by atoms with Crippen LogP contribution in [0.1, 0.15) is 18.4 Å². The molecule has 7 nitrogen and oxygen atoms in total. The van der Waals surface area contributed by atoms with E-state index in [0.29, 0.717) is 25.8 Å². The molecule has 3 heterocycles. The van der Waals surface area contributed by atoms with E-state index in [1.54, 1.807) is 0 Å². The molecule has 0 amide bonds. The molecule has 0 radical (unpaired) electrons. The van der Waals surface area contributed by atoms with Crippen LogP contribution in [0.2, 0.25) is 0 Å². The van der Waals surface area contributed by atoms with E-state index in [1.165, 1.54) is 11.8 Å². The lowest BCUT2D eigenvalue weighted by Gasteiger charge is -2.32. The fraction of sp³-hybridized carbons (Fsp3) is 0.417. The summed E-state index contributed by atoms with van der Waals surface area (Å²) in [5.74, 6) is 1.68. The molecule has 1 N–H and O–H groups in total. The summed E-state index contributed by atoms with van der Waals surface area (Å²) < 4.78 is 14.1. The van der Waals surface area contributed by atoms with Crippen LogP contribution in [0.25, 0.3) is 11.0 Å². The number of fused-ring (bicyclic) bond motifs is 2. The summed E-state index contributed by atoms with van der Waals surface area (Å²) in [6.45, 7) is 5.65. The van der Waals surface area contributed by atoms with E-state index in [1.807, 2.05) is 28.8 Å². The van der Waals surface area contributed by atoms with Crippen LogP contribution < -0.4 is 20.3 Å². The summed E-state index contributed by atoms with van der Waals surface area (Å²) >= 11 is 3.50. The van der Waals surface area contributed by atoms with Crippen molar-refractivity contribution in [1.29, 1.82) is 0 Å². The molecule has 1 saturated heterocycles. The lowest BCUT2D eigenvalue weighted by atomic mass is 10.0. The molecular formula is C24H27BrN4O3. The SMILES string of the molecule is O=c1cnc2ccc(Br)cc2n1CCN1CCC(NCc2ccc3c(c2)OCCO3)CC1. The van der Waals surface area contributed by atoms with Crippen LogP contribution in [-0.4, -0.2) is 53.3 Å². The van der Waals surface area contributed by atoms with Crippen LogP contribution in [0.4, 0.5) is 0 Å². The van der Waals surface area contributed by atoms with Gasteiger partial charge in [0.05, 0.1) is 17.2 Å². The highest BCUT2D eigenvalue weighted by molar-refractivity contribution is 9.10. The summed E-state index contributed by atoms with van der Waals surface area (Å²) in [5, 5.41) is 3.69. The number of hydrogen-bond acceptors (Lipinski definition) is 6. The maximum Gasteiger partial charge on any atom is 0.269 e. The minimum absolute atomic E-state index is 0.0495. The van der Waals surface area contributed by atoms with E-state index in [0.717, 1.165) is 66.0 Å². The number of nitrogens with one attached hydrogen (secondary N) is 1. The Morgan fingerprint density at radius 1 is 1.03 bits per heavy atom. The van der Waals surface area contributed by atoms with Crippen LogP contribution in [0.3, 0.4) is 0 Å². The fourth-order valence-corrected chi connectivity index (χ4v) is 4.78. The summed E-state index contributed by atoms with van der Waals surface area (Å²) in [5.41, 5.74) is 2.89. The zero-order valence-electron chi connectivity index (χ0n) is 17.9. The minimum atomic E-state index is -0.0495. The predicted octanol–water partition coefficient (Wildman–Crippen LogP) is 3.18. The number of halogens is 1. The molecule has 1 aromatic heterocycles. The molecule has 32 heavy (non-hydrogen) atoms. The topological polar surface area (TPSA) is 68.6 Å². The predicted molar refractivity (Wildman–Crippen MR) is 127 cm³/mol. The quantitative estimate of drug-likeness (QED) is 0.562. The number of piperidine rings is 1. The van der Waals surface area contributed by atoms with Crippen molar-refractivity contribution in [2.75, 3.05) is 32.8 Å². The number of rotatable bonds is 6. The van der Waals surface area contributed by atoms with Crippen molar-refractivity contribution in [3.63, 3.8) is 0 Å². The third kappa shape index (κ3) is 4.82. The summed E-state index contributed by atoms with van der Waals surface area (Å²) in [7, 11) is 0. The molecule has 1 fully saturated rings. The number of benzene rings is 2. The lowest BCUT2D eigenvalue weighted by molar-refractivity contribution is 0.171. The Hall–Kier alpha value is -2.42. The molecule has 3 aromatic rings. The van der Waals surface area contributed by atoms with Crippen LogP contribution in [0, 0.1) is 0 Å². The van der Waals surface area contributed by atoms with Crippen LogP contribution >= 0.6 is 15.9 Å². The molecule has 2 aliphatic heterocycles. The van der Waals surface area contributed by atoms with Crippen LogP contribution in [0.5, 0.6) is 11.5 Å². The fourth-order valence-electron chi connectivity index (χ4n) is 4.43. The molecule has 0 bridgehead atoms. The van der Waals surface area contributed by atoms with Gasteiger partial charge < -0.3 is 24.3 Å². The largest absolute Gasteiger partial charge is 0.486 e. The molecule has 0 atom stereocenters. The van der Waals surface area contributed by atoms with Gasteiger partial charge in [-0.2, -0.15) is 0 Å². The smallest absolute Gasteiger partial charge is 0.269 e. The molecule has 0 spiro atoms. The molecule has 0 aliphatic carbocycles. The van der Waals surface area contributed by atoms with Gasteiger partial charge in [-0.3, -0.25) is 4.79 Å². The zero-order chi connectivity index (χ0) is 21.9. The first-order valence-electron chi connectivity index (χ1n) is 11.1. The first kappa shape index (κ1) is 21.4. The Bertz CT molecular complexity index is 1160. The van der Waals surface area contributed by atoms with E-state index in [9.17, 15) is 4.79 Å². The van der Waals surface area contributed by atoms with E-state index >= 15 is 0 Å². The Morgan fingerprint density at radius 2 is 1.84 bits per heavy atom. The van der Waals surface area contributed by atoms with E-state index in [-0.39, 0.29) is 5.56 Å². The highest BCUT2D eigenvalue weighted by Crippen LogP contribution is 2.30. The Balaban J connectivity index is 1.13. The summed E-state index contributed by atoms with van der Waals surface area (Å²) in [6.07, 6.45) is 3.62. The van der Waals surface area contributed by atoms with Gasteiger partial charge in [-0.1, -0.05) is 22.0 Å². The zero-order valence-corrected chi connectivity index (χ0v) is 19.5. The van der Waals surface area contributed by atoms with E-state index in [4.69, 9.17) is 9.47 Å². The second-order valence-electron chi connectivity index (χ2n) is 8.36. The van der Waals surface area contributed by atoms with Crippen LogP contribution in [0.15, 0.2) is 51.9 Å². The molecule has 168 valence electrons. The van der Waals surface area contributed by atoms with Gasteiger partial charge in [0, 0.05) is 30.1 Å². The van der Waals surface area contributed by atoms with Crippen molar-refractivity contribution in [1.82, 2.24) is 19.8 Å². The van der Waals surface area contributed by atoms with Crippen molar-refractivity contribution < 1.29 is 9.47 Å². The molecule has 0 saturated carbocycles. The van der Waals surface area contributed by atoms with Crippen molar-refractivity contribution in [2.45, 2.75) is 32.0 Å². The number of likely N-dealkylation sites (tertiary alicyclic amines) is 1. The second-order valence-corrected chi connectivity index (χ2v) is 9.27. The first-order chi connectivity index (χ1) is 15.7. The van der Waals surface area contributed by atoms with Gasteiger partial charge >= 0.3 is 0 Å². The average Bonchev–Trinajstić information content (AvgIpc) is 2.82. The third-order valence-electron chi connectivity index (χ3n) is 6.24. The average molecular weight is 499 g/mol. The van der Waals surface area contributed by atoms with Gasteiger partial charge in [0.25, 0.3) is 5.56 Å². The van der Waals surface area contributed by atoms with Gasteiger partial charge in [0.15, 0.2) is 11.5 Å². The van der Waals surface area contributed by atoms with Crippen molar-refractivity contribution in [3.05, 3.63) is 63.0 Å². The Morgan fingerprint density at radius 3 is 2.69 bits per heavy atom. The van der Waals surface area contributed by atoms with Crippen molar-refractivity contribution in [2.24, 2.45) is 0 Å². The summed E-state index contributed by atoms with van der Waals surface area (Å²) in [4.78, 5) is 19.1. The lowest BCUT2D eigenvalue weighted by Crippen LogP contribution is -2.43. The van der Waals surface area contributed by atoms with Gasteiger partial charge in [-0.05, 0) is 61.8 Å². The van der Waals surface area contributed by atoms with E-state index in [2.05, 4.69) is 43.3 Å². The van der Waals surface area contributed by atoms with Crippen molar-refractivity contribution in [3.8, 4) is 11.5 Å². The number of hydrogen-bond donors (Lipinski definition) is 1. The normalized spacial score (nSPS) is 17.0. The minimum Gasteiger partial charge on any atom is -0.486 e. The second kappa shape index (κ2) is 9.60. The molecule has 8 heteroatoms. The molecule has 0 unspecified atom stereocenters. The van der Waals surface area contributed by atoms with Gasteiger partial charge in [0.1, 0.15) is 13.2 Å². The molecule has 2 aliphatic rings. The molecule has 5 rings (SSSR count). The van der Waals surface area contributed by atoms with Gasteiger partial charge in [-0.15, -0.1) is 0 Å². The van der Waals surface area contributed by atoms with Gasteiger partial charge in [-0.25, -0.2) is 4.98 Å². The molecule has 2 aromatic carbocycles.